The summed E-state index contributed by atoms with van der Waals surface area (Å²) in [5.41, 5.74) is 11.4. The third kappa shape index (κ3) is 3.51. The van der Waals surface area contributed by atoms with Gasteiger partial charge in [-0.05, 0) is 73.6 Å². The van der Waals surface area contributed by atoms with Crippen LogP contribution >= 0.6 is 0 Å². The van der Waals surface area contributed by atoms with Crippen LogP contribution in [0.1, 0.15) is 47.6 Å². The third-order valence-electron chi connectivity index (χ3n) is 4.96. The summed E-state index contributed by atoms with van der Waals surface area (Å²) in [4.78, 5) is 4.72. The van der Waals surface area contributed by atoms with Crippen LogP contribution in [0.4, 0.5) is 0 Å². The SMILES string of the molecule is Cc1cc(C)cc(-c2ccc(C(C)C)c(-c3nccc(C)c3C)c2)c1. The molecule has 128 valence electrons. The van der Waals surface area contributed by atoms with Gasteiger partial charge in [0.1, 0.15) is 0 Å². The van der Waals surface area contributed by atoms with Crippen molar-refractivity contribution < 1.29 is 0 Å². The Morgan fingerprint density at radius 1 is 0.760 bits per heavy atom. The zero-order valence-electron chi connectivity index (χ0n) is 16.1. The van der Waals surface area contributed by atoms with Crippen molar-refractivity contribution in [2.45, 2.75) is 47.5 Å². The standard InChI is InChI=1S/C24H27N/c1-15(2)22-8-7-20(21-12-16(3)11-17(4)13-21)14-23(22)24-19(6)18(5)9-10-25-24/h7-15H,1-6H3. The lowest BCUT2D eigenvalue weighted by atomic mass is 9.89. The van der Waals surface area contributed by atoms with Gasteiger partial charge in [-0.1, -0.05) is 55.3 Å². The fourth-order valence-corrected chi connectivity index (χ4v) is 3.49. The van der Waals surface area contributed by atoms with Crippen LogP contribution in [0.25, 0.3) is 22.4 Å². The molecule has 0 bridgehead atoms. The van der Waals surface area contributed by atoms with E-state index in [0.29, 0.717) is 5.92 Å². The molecule has 0 fully saturated rings. The van der Waals surface area contributed by atoms with Crippen molar-refractivity contribution in [1.82, 2.24) is 4.98 Å². The largest absolute Gasteiger partial charge is 0.256 e. The van der Waals surface area contributed by atoms with E-state index in [1.54, 1.807) is 0 Å². The van der Waals surface area contributed by atoms with Gasteiger partial charge in [0.2, 0.25) is 0 Å². The second kappa shape index (κ2) is 6.84. The van der Waals surface area contributed by atoms with Crippen LogP contribution in [0, 0.1) is 27.7 Å². The predicted molar refractivity (Wildman–Crippen MR) is 108 cm³/mol. The van der Waals surface area contributed by atoms with E-state index in [9.17, 15) is 0 Å². The highest BCUT2D eigenvalue weighted by atomic mass is 14.7. The lowest BCUT2D eigenvalue weighted by molar-refractivity contribution is 0.867. The Morgan fingerprint density at radius 3 is 2.08 bits per heavy atom. The van der Waals surface area contributed by atoms with Crippen LogP contribution in [0.2, 0.25) is 0 Å². The predicted octanol–water partition coefficient (Wildman–Crippen LogP) is 6.77. The number of hydrogen-bond donors (Lipinski definition) is 0. The summed E-state index contributed by atoms with van der Waals surface area (Å²) in [6.07, 6.45) is 1.92. The summed E-state index contributed by atoms with van der Waals surface area (Å²) in [7, 11) is 0. The maximum atomic E-state index is 4.72. The highest BCUT2D eigenvalue weighted by molar-refractivity contribution is 5.76. The Balaban J connectivity index is 2.24. The number of pyridine rings is 1. The van der Waals surface area contributed by atoms with Gasteiger partial charge in [-0.3, -0.25) is 4.98 Å². The number of hydrogen-bond acceptors (Lipinski definition) is 1. The molecule has 3 aromatic rings. The average molecular weight is 329 g/mol. The molecular weight excluding hydrogens is 302 g/mol. The molecule has 25 heavy (non-hydrogen) atoms. The van der Waals surface area contributed by atoms with E-state index in [2.05, 4.69) is 84.0 Å². The quantitative estimate of drug-likeness (QED) is 0.516. The topological polar surface area (TPSA) is 12.9 Å². The number of aryl methyl sites for hydroxylation is 3. The lowest BCUT2D eigenvalue weighted by Crippen LogP contribution is -1.98. The summed E-state index contributed by atoms with van der Waals surface area (Å²) in [6, 6.07) is 15.7. The average Bonchev–Trinajstić information content (AvgIpc) is 2.56. The first-order valence-corrected chi connectivity index (χ1v) is 9.02. The second-order valence-corrected chi connectivity index (χ2v) is 7.43. The van der Waals surface area contributed by atoms with Gasteiger partial charge in [0.05, 0.1) is 5.69 Å². The van der Waals surface area contributed by atoms with E-state index in [-0.39, 0.29) is 0 Å². The third-order valence-corrected chi connectivity index (χ3v) is 4.96. The van der Waals surface area contributed by atoms with Gasteiger partial charge >= 0.3 is 0 Å². The zero-order valence-corrected chi connectivity index (χ0v) is 16.1. The molecule has 0 amide bonds. The van der Waals surface area contributed by atoms with Crippen LogP contribution in [0.3, 0.4) is 0 Å². The maximum Gasteiger partial charge on any atom is 0.0736 e. The van der Waals surface area contributed by atoms with E-state index in [1.807, 2.05) is 6.20 Å². The first-order valence-electron chi connectivity index (χ1n) is 9.02. The van der Waals surface area contributed by atoms with E-state index < -0.39 is 0 Å². The molecule has 2 aromatic carbocycles. The van der Waals surface area contributed by atoms with Gasteiger partial charge in [0.15, 0.2) is 0 Å². The zero-order chi connectivity index (χ0) is 18.1. The van der Waals surface area contributed by atoms with Crippen molar-refractivity contribution in [2.24, 2.45) is 0 Å². The number of aromatic nitrogens is 1. The lowest BCUT2D eigenvalue weighted by Gasteiger charge is -2.17. The number of nitrogens with zero attached hydrogens (tertiary/aromatic N) is 1. The van der Waals surface area contributed by atoms with Crippen molar-refractivity contribution in [2.75, 3.05) is 0 Å². The Morgan fingerprint density at radius 2 is 1.44 bits per heavy atom. The molecular formula is C24H27N. The van der Waals surface area contributed by atoms with Crippen LogP contribution < -0.4 is 0 Å². The van der Waals surface area contributed by atoms with Gasteiger partial charge in [0, 0.05) is 11.8 Å². The first-order chi connectivity index (χ1) is 11.9. The van der Waals surface area contributed by atoms with Crippen molar-refractivity contribution >= 4 is 0 Å². The number of benzene rings is 2. The van der Waals surface area contributed by atoms with Crippen LogP contribution in [-0.2, 0) is 0 Å². The molecule has 1 heteroatoms. The Bertz CT molecular complexity index is 899. The van der Waals surface area contributed by atoms with Crippen molar-refractivity contribution in [3.63, 3.8) is 0 Å². The second-order valence-electron chi connectivity index (χ2n) is 7.43. The Hall–Kier alpha value is -2.41. The van der Waals surface area contributed by atoms with Gasteiger partial charge in [-0.25, -0.2) is 0 Å². The van der Waals surface area contributed by atoms with Gasteiger partial charge in [0.25, 0.3) is 0 Å². The maximum absolute atomic E-state index is 4.72. The molecule has 0 radical (unpaired) electrons. The highest BCUT2D eigenvalue weighted by Crippen LogP contribution is 2.35. The molecule has 0 N–H and O–H groups in total. The molecule has 0 aliphatic carbocycles. The molecule has 1 nitrogen and oxygen atoms in total. The molecule has 0 saturated carbocycles. The van der Waals surface area contributed by atoms with Crippen molar-refractivity contribution in [3.8, 4) is 22.4 Å². The Kier molecular flexibility index (Phi) is 4.76. The summed E-state index contributed by atoms with van der Waals surface area (Å²) in [5.74, 6) is 0.463. The summed E-state index contributed by atoms with van der Waals surface area (Å²) < 4.78 is 0. The minimum Gasteiger partial charge on any atom is -0.256 e. The monoisotopic (exact) mass is 329 g/mol. The van der Waals surface area contributed by atoms with E-state index in [0.717, 1.165) is 5.69 Å². The fourth-order valence-electron chi connectivity index (χ4n) is 3.49. The number of rotatable bonds is 3. The first kappa shape index (κ1) is 17.4. The van der Waals surface area contributed by atoms with Crippen molar-refractivity contribution in [3.05, 3.63) is 76.5 Å². The van der Waals surface area contributed by atoms with Crippen molar-refractivity contribution in [1.29, 1.82) is 0 Å². The van der Waals surface area contributed by atoms with Gasteiger partial charge < -0.3 is 0 Å². The summed E-state index contributed by atoms with van der Waals surface area (Å²) in [5, 5.41) is 0. The normalized spacial score (nSPS) is 11.2. The molecule has 0 aliphatic heterocycles. The minimum absolute atomic E-state index is 0.463. The molecule has 0 atom stereocenters. The fraction of sp³-hybridized carbons (Fsp3) is 0.292. The van der Waals surface area contributed by atoms with E-state index >= 15 is 0 Å². The van der Waals surface area contributed by atoms with Crippen LogP contribution in [0.5, 0.6) is 0 Å². The molecule has 3 rings (SSSR count). The smallest absolute Gasteiger partial charge is 0.0736 e. The molecule has 1 heterocycles. The van der Waals surface area contributed by atoms with Gasteiger partial charge in [-0.15, -0.1) is 0 Å². The van der Waals surface area contributed by atoms with E-state index in [1.165, 1.54) is 44.5 Å². The van der Waals surface area contributed by atoms with Crippen LogP contribution in [0.15, 0.2) is 48.7 Å². The summed E-state index contributed by atoms with van der Waals surface area (Å²) in [6.45, 7) is 13.1. The molecule has 0 saturated heterocycles. The molecule has 0 aliphatic rings. The van der Waals surface area contributed by atoms with Gasteiger partial charge in [-0.2, -0.15) is 0 Å². The summed E-state index contributed by atoms with van der Waals surface area (Å²) >= 11 is 0. The molecule has 0 spiro atoms. The Labute approximate surface area is 151 Å². The van der Waals surface area contributed by atoms with Crippen LogP contribution in [-0.4, -0.2) is 4.98 Å². The highest BCUT2D eigenvalue weighted by Gasteiger charge is 2.14. The molecule has 1 aromatic heterocycles. The van der Waals surface area contributed by atoms with E-state index in [4.69, 9.17) is 4.98 Å². The minimum atomic E-state index is 0.463. The molecule has 0 unspecified atom stereocenters.